The second kappa shape index (κ2) is 13.6. The number of halogens is 3. The van der Waals surface area contributed by atoms with Crippen LogP contribution in [0.5, 0.6) is 0 Å². The minimum Gasteiger partial charge on any atom is -0.394 e. The number of hydrogen-bond donors (Lipinski definition) is 0. The average molecular weight is 762 g/mol. The molecule has 0 radical (unpaired) electrons. The summed E-state index contributed by atoms with van der Waals surface area (Å²) < 4.78 is 8.91. The van der Waals surface area contributed by atoms with E-state index < -0.39 is 0 Å². The minimum absolute atomic E-state index is 0.198. The number of carbonyl (C=O) groups excluding carboxylic acids is 3. The molecular weight excluding hydrogens is 725 g/mol. The molecule has 0 aromatic carbocycles. The highest BCUT2D eigenvalue weighted by Crippen LogP contribution is 2.61. The predicted molar refractivity (Wildman–Crippen MR) is 146 cm³/mol. The smallest absolute Gasteiger partial charge is 0.315 e. The average Bonchev–Trinajstić information content (AvgIpc) is 2.71. The highest BCUT2D eigenvalue weighted by Gasteiger charge is 2.57. The molecule has 0 aromatic heterocycles. The van der Waals surface area contributed by atoms with Crippen molar-refractivity contribution >= 4 is 86.6 Å². The van der Waals surface area contributed by atoms with Crippen LogP contribution in [0.3, 0.4) is 0 Å². The second-order valence-corrected chi connectivity index (χ2v) is 12.2. The van der Waals surface area contributed by atoms with E-state index in [1.54, 1.807) is 53.1 Å². The van der Waals surface area contributed by atoms with Gasteiger partial charge in [0.25, 0.3) is 0 Å². The predicted octanol–water partition coefficient (Wildman–Crippen LogP) is 7.10. The van der Waals surface area contributed by atoms with Gasteiger partial charge in [0.2, 0.25) is 0 Å². The fourth-order valence-electron chi connectivity index (χ4n) is 5.26. The Labute approximate surface area is 224 Å². The largest absolute Gasteiger partial charge is 0.394 e. The van der Waals surface area contributed by atoms with Gasteiger partial charge in [-0.05, 0) is 42.4 Å². The first-order valence-corrected chi connectivity index (χ1v) is 13.3. The van der Waals surface area contributed by atoms with E-state index in [4.69, 9.17) is 3.07 Å². The van der Waals surface area contributed by atoms with Gasteiger partial charge in [-0.25, -0.2) is 0 Å². The fraction of sp³-hybridized carbons (Fsp3) is 0.864. The molecule has 1 fully saturated rings. The first-order chi connectivity index (χ1) is 13.9. The minimum atomic E-state index is -0.363. The van der Waals surface area contributed by atoms with E-state index >= 15 is 0 Å². The highest BCUT2D eigenvalue weighted by molar-refractivity contribution is 14.1. The standard InChI is InChI=1S/C21H34I2O4.CH3IO/c1-7-17(25)19(5,8-2)14(3)16-9-10-21(22,11-12-24)20(6,15(16)4)13-18(26)27-23;1-3-2/h12,14-16H,7-11,13H2,1-6H3;1H3/t14?,15?,16?,19-,20?,21+;/m0./s1. The molecule has 6 atom stereocenters. The van der Waals surface area contributed by atoms with Gasteiger partial charge < -0.3 is 10.9 Å². The molecule has 30 heavy (non-hydrogen) atoms. The summed E-state index contributed by atoms with van der Waals surface area (Å²) >= 11 is 5.84. The van der Waals surface area contributed by atoms with Crippen LogP contribution in [-0.2, 0) is 20.5 Å². The van der Waals surface area contributed by atoms with E-state index in [1.807, 2.05) is 6.92 Å². The normalized spacial score (nSPS) is 31.5. The molecule has 4 unspecified atom stereocenters. The molecule has 0 N–H and O–H groups in total. The molecule has 0 spiro atoms. The van der Waals surface area contributed by atoms with Gasteiger partial charge in [-0.2, -0.15) is 0 Å². The summed E-state index contributed by atoms with van der Waals surface area (Å²) in [7, 11) is 1.61. The van der Waals surface area contributed by atoms with Gasteiger partial charge in [0.15, 0.2) is 23.0 Å². The van der Waals surface area contributed by atoms with E-state index in [0.717, 1.165) is 25.5 Å². The van der Waals surface area contributed by atoms with Gasteiger partial charge in [0, 0.05) is 28.8 Å². The molecule has 1 aliphatic carbocycles. The molecule has 5 nitrogen and oxygen atoms in total. The van der Waals surface area contributed by atoms with Gasteiger partial charge >= 0.3 is 5.97 Å². The maximum absolute atomic E-state index is 12.7. The molecule has 1 aliphatic rings. The van der Waals surface area contributed by atoms with Gasteiger partial charge in [0.1, 0.15) is 35.1 Å². The summed E-state index contributed by atoms with van der Waals surface area (Å²) in [5.74, 6) is 0.818. The molecule has 0 aromatic rings. The molecular formula is C22H37I3O5. The number of carbonyl (C=O) groups is 3. The van der Waals surface area contributed by atoms with Crippen LogP contribution in [0.15, 0.2) is 0 Å². The zero-order valence-corrected chi connectivity index (χ0v) is 25.7. The second-order valence-electron chi connectivity index (χ2n) is 8.86. The molecule has 0 aliphatic heterocycles. The Balaban J connectivity index is 0.00000263. The molecule has 176 valence electrons. The monoisotopic (exact) mass is 762 g/mol. The molecule has 0 bridgehead atoms. The Kier molecular flexibility index (Phi) is 14.1. The van der Waals surface area contributed by atoms with Crippen molar-refractivity contribution in [1.82, 2.24) is 0 Å². The highest BCUT2D eigenvalue weighted by atomic mass is 127. The lowest BCUT2D eigenvalue weighted by molar-refractivity contribution is -0.141. The van der Waals surface area contributed by atoms with Gasteiger partial charge in [0.05, 0.1) is 6.42 Å². The van der Waals surface area contributed by atoms with E-state index in [0.29, 0.717) is 31.0 Å². The maximum Gasteiger partial charge on any atom is 0.315 e. The summed E-state index contributed by atoms with van der Waals surface area (Å²) in [6.07, 6.45) is 4.92. The van der Waals surface area contributed by atoms with Gasteiger partial charge in [-0.3, -0.25) is 9.59 Å². The van der Waals surface area contributed by atoms with Crippen LogP contribution < -0.4 is 0 Å². The number of rotatable bonds is 9. The molecule has 0 saturated heterocycles. The van der Waals surface area contributed by atoms with Crippen LogP contribution in [0.2, 0.25) is 0 Å². The summed E-state index contributed by atoms with van der Waals surface area (Å²) in [4.78, 5) is 36.4. The van der Waals surface area contributed by atoms with E-state index in [9.17, 15) is 14.4 Å². The first-order valence-electron chi connectivity index (χ1n) is 10.5. The Morgan fingerprint density at radius 3 is 2.23 bits per heavy atom. The topological polar surface area (TPSA) is 69.7 Å². The maximum atomic E-state index is 12.7. The van der Waals surface area contributed by atoms with Crippen LogP contribution in [0.1, 0.15) is 80.1 Å². The lowest BCUT2D eigenvalue weighted by atomic mass is 9.51. The zero-order valence-electron chi connectivity index (χ0n) is 19.2. The summed E-state index contributed by atoms with van der Waals surface area (Å²) in [5.41, 5.74) is -0.716. The van der Waals surface area contributed by atoms with Crippen molar-refractivity contribution < 1.29 is 20.5 Å². The third kappa shape index (κ3) is 6.74. The van der Waals surface area contributed by atoms with Crippen LogP contribution in [-0.4, -0.2) is 28.6 Å². The van der Waals surface area contributed by atoms with Crippen molar-refractivity contribution in [2.45, 2.75) is 83.5 Å². The summed E-state index contributed by atoms with van der Waals surface area (Å²) in [5, 5.41) is 0. The molecule has 1 rings (SSSR count). The number of aldehydes is 1. The van der Waals surface area contributed by atoms with Crippen molar-refractivity contribution in [1.29, 1.82) is 0 Å². The first kappa shape index (κ1) is 31.0. The van der Waals surface area contributed by atoms with Crippen molar-refractivity contribution in [2.24, 2.45) is 28.6 Å². The Morgan fingerprint density at radius 1 is 1.30 bits per heavy atom. The summed E-state index contributed by atoms with van der Waals surface area (Å²) in [6, 6.07) is 0. The lowest BCUT2D eigenvalue weighted by Crippen LogP contribution is -2.55. The van der Waals surface area contributed by atoms with E-state index in [2.05, 4.69) is 60.3 Å². The third-order valence-corrected chi connectivity index (χ3v) is 10.6. The van der Waals surface area contributed by atoms with Crippen LogP contribution >= 0.6 is 68.6 Å². The fourth-order valence-corrected chi connectivity index (χ4v) is 6.59. The zero-order chi connectivity index (χ0) is 23.8. The van der Waals surface area contributed by atoms with E-state index in [1.165, 1.54) is 0 Å². The Morgan fingerprint density at radius 2 is 1.83 bits per heavy atom. The summed E-state index contributed by atoms with van der Waals surface area (Å²) in [6.45, 7) is 12.7. The molecule has 1 saturated carbocycles. The van der Waals surface area contributed by atoms with Crippen molar-refractivity contribution in [3.8, 4) is 0 Å². The van der Waals surface area contributed by atoms with Crippen LogP contribution in [0, 0.1) is 28.6 Å². The molecule has 0 amide bonds. The van der Waals surface area contributed by atoms with Crippen LogP contribution in [0.4, 0.5) is 0 Å². The SMILES string of the molecule is CCC(=O)[C@@](C)(CC)C(C)C1CC[C@@](I)(CC=O)C(C)(CC(=O)OI)C1C.COI. The third-order valence-electron chi connectivity index (χ3n) is 7.89. The number of hydrogen-bond acceptors (Lipinski definition) is 5. The number of ketones is 1. The molecule has 0 heterocycles. The van der Waals surface area contributed by atoms with Gasteiger partial charge in [-0.15, -0.1) is 0 Å². The number of alkyl halides is 1. The Bertz CT molecular complexity index is 587. The lowest BCUT2D eigenvalue weighted by Gasteiger charge is -2.57. The van der Waals surface area contributed by atoms with Crippen molar-refractivity contribution in [3.05, 3.63) is 0 Å². The number of Topliss-reactive ketones (excluding diaryl/α,β-unsaturated/α-hetero) is 1. The van der Waals surface area contributed by atoms with Crippen molar-refractivity contribution in [2.75, 3.05) is 7.11 Å². The van der Waals surface area contributed by atoms with Crippen LogP contribution in [0.25, 0.3) is 0 Å². The van der Waals surface area contributed by atoms with Crippen molar-refractivity contribution in [3.63, 3.8) is 0 Å². The Hall–Kier alpha value is 0.960. The van der Waals surface area contributed by atoms with E-state index in [-0.39, 0.29) is 32.1 Å². The molecule has 8 heteroatoms. The van der Waals surface area contributed by atoms with Gasteiger partial charge in [-0.1, -0.05) is 64.1 Å². The quantitative estimate of drug-likeness (QED) is 0.143.